The van der Waals surface area contributed by atoms with Gasteiger partial charge in [-0.05, 0) is 25.8 Å². The molecule has 0 spiro atoms. The topological polar surface area (TPSA) is 66.4 Å². The Labute approximate surface area is 93.0 Å². The molecule has 0 aliphatic carbocycles. The van der Waals surface area contributed by atoms with Gasteiger partial charge in [-0.2, -0.15) is 0 Å². The average molecular weight is 237 g/mol. The van der Waals surface area contributed by atoms with Crippen LogP contribution in [0.15, 0.2) is 0 Å². The Kier molecular flexibility index (Phi) is 8.00. The monoisotopic (exact) mass is 237 g/mol. The summed E-state index contributed by atoms with van der Waals surface area (Å²) in [4.78, 5) is 0. The van der Waals surface area contributed by atoms with Crippen LogP contribution in [0.5, 0.6) is 0 Å². The van der Waals surface area contributed by atoms with Crippen LogP contribution in [0.1, 0.15) is 33.1 Å². The van der Waals surface area contributed by atoms with Crippen LogP contribution < -0.4 is 5.32 Å². The molecule has 15 heavy (non-hydrogen) atoms. The summed E-state index contributed by atoms with van der Waals surface area (Å²) < 4.78 is 22.3. The van der Waals surface area contributed by atoms with Gasteiger partial charge in [0.05, 0.1) is 5.75 Å². The minimum atomic E-state index is -2.83. The third-order valence-electron chi connectivity index (χ3n) is 2.48. The first kappa shape index (κ1) is 14.9. The molecule has 0 saturated carbocycles. The Morgan fingerprint density at radius 2 is 2.00 bits per heavy atom. The van der Waals surface area contributed by atoms with E-state index in [1.807, 2.05) is 0 Å². The number of hydrogen-bond acceptors (Lipinski definition) is 4. The van der Waals surface area contributed by atoms with E-state index in [1.54, 1.807) is 6.92 Å². The molecule has 0 aromatic rings. The maximum atomic E-state index is 11.2. The van der Waals surface area contributed by atoms with Gasteiger partial charge in [0.2, 0.25) is 0 Å². The van der Waals surface area contributed by atoms with Gasteiger partial charge < -0.3 is 10.4 Å². The summed E-state index contributed by atoms with van der Waals surface area (Å²) in [6.45, 7) is 4.61. The number of hydrogen-bond donors (Lipinski definition) is 2. The number of rotatable bonds is 9. The maximum Gasteiger partial charge on any atom is 0.150 e. The number of nitrogens with one attached hydrogen (secondary N) is 1. The smallest absolute Gasteiger partial charge is 0.150 e. The molecule has 0 fully saturated rings. The first-order valence-corrected chi connectivity index (χ1v) is 7.42. The van der Waals surface area contributed by atoms with E-state index in [2.05, 4.69) is 12.2 Å². The molecule has 4 nitrogen and oxygen atoms in total. The number of aliphatic hydroxyl groups excluding tert-OH is 1. The van der Waals surface area contributed by atoms with Crippen molar-refractivity contribution < 1.29 is 13.5 Å². The molecule has 92 valence electrons. The van der Waals surface area contributed by atoms with Crippen molar-refractivity contribution in [3.63, 3.8) is 0 Å². The van der Waals surface area contributed by atoms with Crippen molar-refractivity contribution in [2.45, 2.75) is 39.2 Å². The van der Waals surface area contributed by atoms with Crippen molar-refractivity contribution in [2.24, 2.45) is 0 Å². The summed E-state index contributed by atoms with van der Waals surface area (Å²) in [5.74, 6) is 0.479. The third kappa shape index (κ3) is 7.76. The third-order valence-corrected chi connectivity index (χ3v) is 4.27. The summed E-state index contributed by atoms with van der Waals surface area (Å²) in [6, 6.07) is 0.305. The van der Waals surface area contributed by atoms with Gasteiger partial charge in [-0.3, -0.25) is 0 Å². The lowest BCUT2D eigenvalue weighted by Gasteiger charge is -2.15. The predicted molar refractivity (Wildman–Crippen MR) is 62.7 cm³/mol. The minimum Gasteiger partial charge on any atom is -0.396 e. The molecule has 1 unspecified atom stereocenters. The second-order valence-corrected chi connectivity index (χ2v) is 6.13. The lowest BCUT2D eigenvalue weighted by molar-refractivity contribution is 0.262. The average Bonchev–Trinajstić information content (AvgIpc) is 2.22. The van der Waals surface area contributed by atoms with Gasteiger partial charge in [-0.25, -0.2) is 8.42 Å². The van der Waals surface area contributed by atoms with E-state index in [0.29, 0.717) is 19.0 Å². The molecule has 0 aliphatic rings. The molecule has 0 rings (SSSR count). The molecule has 0 heterocycles. The van der Waals surface area contributed by atoms with E-state index < -0.39 is 9.84 Å². The quantitative estimate of drug-likeness (QED) is 0.575. The minimum absolute atomic E-state index is 0.179. The van der Waals surface area contributed by atoms with E-state index in [1.165, 1.54) is 0 Å². The molecule has 2 N–H and O–H groups in total. The molecule has 0 bridgehead atoms. The standard InChI is InChI=1S/C10H23NO3S/c1-3-10(6-8-12)11-7-5-9-15(13,14)4-2/h10-12H,3-9H2,1-2H3. The van der Waals surface area contributed by atoms with Crippen LogP contribution in [-0.2, 0) is 9.84 Å². The van der Waals surface area contributed by atoms with Crippen molar-refractivity contribution in [3.05, 3.63) is 0 Å². The molecule has 0 saturated heterocycles. The van der Waals surface area contributed by atoms with Crippen LogP contribution in [-0.4, -0.2) is 44.2 Å². The summed E-state index contributed by atoms with van der Waals surface area (Å²) in [5.41, 5.74) is 0. The van der Waals surface area contributed by atoms with E-state index in [9.17, 15) is 8.42 Å². The highest BCUT2D eigenvalue weighted by atomic mass is 32.2. The lowest BCUT2D eigenvalue weighted by Crippen LogP contribution is -2.31. The van der Waals surface area contributed by atoms with E-state index in [0.717, 1.165) is 12.8 Å². The summed E-state index contributed by atoms with van der Waals surface area (Å²) in [5, 5.41) is 12.0. The number of sulfone groups is 1. The maximum absolute atomic E-state index is 11.2. The van der Waals surface area contributed by atoms with Crippen LogP contribution >= 0.6 is 0 Å². The highest BCUT2D eigenvalue weighted by Gasteiger charge is 2.08. The van der Waals surface area contributed by atoms with Gasteiger partial charge in [0.1, 0.15) is 9.84 Å². The molecule has 1 atom stereocenters. The van der Waals surface area contributed by atoms with Gasteiger partial charge >= 0.3 is 0 Å². The fraction of sp³-hybridized carbons (Fsp3) is 1.00. The Morgan fingerprint density at radius 1 is 1.33 bits per heavy atom. The van der Waals surface area contributed by atoms with Crippen molar-refractivity contribution >= 4 is 9.84 Å². The van der Waals surface area contributed by atoms with Gasteiger partial charge in [0, 0.05) is 18.4 Å². The molecule has 0 radical (unpaired) electrons. The SMILES string of the molecule is CCC(CCO)NCCCS(=O)(=O)CC. The van der Waals surface area contributed by atoms with Gasteiger partial charge in [-0.15, -0.1) is 0 Å². The largest absolute Gasteiger partial charge is 0.396 e. The zero-order valence-corrected chi connectivity index (χ0v) is 10.5. The van der Waals surface area contributed by atoms with Crippen LogP contribution in [0, 0.1) is 0 Å². The van der Waals surface area contributed by atoms with Crippen molar-refractivity contribution in [3.8, 4) is 0 Å². The molecular weight excluding hydrogens is 214 g/mol. The predicted octanol–water partition coefficient (Wildman–Crippen LogP) is 0.562. The first-order chi connectivity index (χ1) is 7.05. The van der Waals surface area contributed by atoms with E-state index >= 15 is 0 Å². The summed E-state index contributed by atoms with van der Waals surface area (Å²) >= 11 is 0. The van der Waals surface area contributed by atoms with Crippen molar-refractivity contribution in [1.82, 2.24) is 5.32 Å². The summed E-state index contributed by atoms with van der Waals surface area (Å²) in [6.07, 6.45) is 2.34. The van der Waals surface area contributed by atoms with Gasteiger partial charge in [0.15, 0.2) is 0 Å². The van der Waals surface area contributed by atoms with Crippen LogP contribution in [0.3, 0.4) is 0 Å². The van der Waals surface area contributed by atoms with Crippen molar-refractivity contribution in [1.29, 1.82) is 0 Å². The zero-order valence-electron chi connectivity index (χ0n) is 9.70. The van der Waals surface area contributed by atoms with Gasteiger partial charge in [0.25, 0.3) is 0 Å². The molecule has 5 heteroatoms. The second kappa shape index (κ2) is 8.07. The number of aliphatic hydroxyl groups is 1. The second-order valence-electron chi connectivity index (χ2n) is 3.66. The molecular formula is C10H23NO3S. The molecule has 0 amide bonds. The van der Waals surface area contributed by atoms with Gasteiger partial charge in [-0.1, -0.05) is 13.8 Å². The highest BCUT2D eigenvalue weighted by Crippen LogP contribution is 1.98. The van der Waals surface area contributed by atoms with E-state index in [-0.39, 0.29) is 18.1 Å². The molecule has 0 aromatic carbocycles. The van der Waals surface area contributed by atoms with Crippen LogP contribution in [0.4, 0.5) is 0 Å². The van der Waals surface area contributed by atoms with Crippen molar-refractivity contribution in [2.75, 3.05) is 24.7 Å². The molecule has 0 aromatic heterocycles. The Bertz CT molecular complexity index is 239. The zero-order chi connectivity index (χ0) is 11.7. The summed E-state index contributed by atoms with van der Waals surface area (Å²) in [7, 11) is -2.83. The Balaban J connectivity index is 3.61. The lowest BCUT2D eigenvalue weighted by atomic mass is 10.1. The van der Waals surface area contributed by atoms with E-state index in [4.69, 9.17) is 5.11 Å². The first-order valence-electron chi connectivity index (χ1n) is 5.60. The fourth-order valence-corrected chi connectivity index (χ4v) is 2.22. The molecule has 0 aliphatic heterocycles. The fourth-order valence-electron chi connectivity index (χ4n) is 1.35. The Morgan fingerprint density at radius 3 is 2.47 bits per heavy atom. The Hall–Kier alpha value is -0.130. The normalized spacial score (nSPS) is 14.1. The van der Waals surface area contributed by atoms with Crippen LogP contribution in [0.25, 0.3) is 0 Å². The highest BCUT2D eigenvalue weighted by molar-refractivity contribution is 7.91. The van der Waals surface area contributed by atoms with Crippen LogP contribution in [0.2, 0.25) is 0 Å².